The molecule has 0 bridgehead atoms. The van der Waals surface area contributed by atoms with Crippen LogP contribution < -0.4 is 10.9 Å². The number of aromatic amines is 2. The first kappa shape index (κ1) is 14.6. The second-order valence-electron chi connectivity index (χ2n) is 6.78. The Labute approximate surface area is 144 Å². The summed E-state index contributed by atoms with van der Waals surface area (Å²) < 4.78 is 0. The van der Waals surface area contributed by atoms with Gasteiger partial charge in [-0.2, -0.15) is 5.10 Å². The van der Waals surface area contributed by atoms with Crippen molar-refractivity contribution in [2.75, 3.05) is 0 Å². The molecule has 1 aliphatic heterocycles. The van der Waals surface area contributed by atoms with E-state index in [-0.39, 0.29) is 23.6 Å². The molecular formula is C19H19N5O. The molecule has 0 fully saturated rings. The number of benzene rings is 1. The maximum absolute atomic E-state index is 12.3. The van der Waals surface area contributed by atoms with E-state index in [1.54, 1.807) is 6.20 Å². The second kappa shape index (κ2) is 5.67. The van der Waals surface area contributed by atoms with Gasteiger partial charge in [0.15, 0.2) is 0 Å². The minimum Gasteiger partial charge on any atom is -0.348 e. The van der Waals surface area contributed by atoms with Gasteiger partial charge in [0.2, 0.25) is 0 Å². The van der Waals surface area contributed by atoms with E-state index in [2.05, 4.69) is 49.7 Å². The third-order valence-electron chi connectivity index (χ3n) is 5.40. The van der Waals surface area contributed by atoms with Crippen LogP contribution in [-0.2, 0) is 6.42 Å². The number of nitrogens with one attached hydrogen (secondary N) is 3. The maximum Gasteiger partial charge on any atom is 0.267 e. The number of nitrogens with zero attached hydrogens (tertiary/aromatic N) is 2. The first-order chi connectivity index (χ1) is 12.3. The predicted octanol–water partition coefficient (Wildman–Crippen LogP) is 2.35. The summed E-state index contributed by atoms with van der Waals surface area (Å²) >= 11 is 0. The molecule has 6 heteroatoms. The quantitative estimate of drug-likeness (QED) is 0.672. The maximum atomic E-state index is 12.3. The molecule has 3 aromatic rings. The standard InChI is InChI=1S/C19H19N5O/c25-19-12-7-4-8-13-14(12)17(23-24-19)15(18-20-9-10-21-18)16(22-13)11-5-2-1-3-6-11/h1-3,5-6,9-10,13,15-16,22H,4,7-8H2,(H,20,21)(H,24,25). The molecule has 3 unspecified atom stereocenters. The fourth-order valence-electron chi connectivity index (χ4n) is 4.34. The molecule has 3 heterocycles. The minimum atomic E-state index is -0.0580. The topological polar surface area (TPSA) is 86.5 Å². The summed E-state index contributed by atoms with van der Waals surface area (Å²) in [5.74, 6) is 0.810. The van der Waals surface area contributed by atoms with Crippen molar-refractivity contribution in [2.24, 2.45) is 0 Å². The van der Waals surface area contributed by atoms with Gasteiger partial charge in [0.05, 0.1) is 11.6 Å². The fourth-order valence-corrected chi connectivity index (χ4v) is 4.34. The molecule has 3 atom stereocenters. The van der Waals surface area contributed by atoms with E-state index in [1.807, 2.05) is 12.3 Å². The molecule has 0 amide bonds. The third kappa shape index (κ3) is 2.25. The number of hydrogen-bond acceptors (Lipinski definition) is 4. The van der Waals surface area contributed by atoms with Gasteiger partial charge in [0.25, 0.3) is 5.56 Å². The van der Waals surface area contributed by atoms with E-state index in [0.717, 1.165) is 41.9 Å². The Morgan fingerprint density at radius 1 is 1.16 bits per heavy atom. The van der Waals surface area contributed by atoms with E-state index in [0.29, 0.717) is 0 Å². The summed E-state index contributed by atoms with van der Waals surface area (Å²) in [5, 5.41) is 11.0. The molecule has 0 saturated heterocycles. The lowest BCUT2D eigenvalue weighted by molar-refractivity contribution is 0.331. The molecule has 1 aromatic carbocycles. The lowest BCUT2D eigenvalue weighted by Gasteiger charge is -2.40. The van der Waals surface area contributed by atoms with E-state index in [1.165, 1.54) is 5.56 Å². The normalized spacial score (nSPS) is 24.7. The van der Waals surface area contributed by atoms with Crippen LogP contribution in [0.5, 0.6) is 0 Å². The zero-order chi connectivity index (χ0) is 16.8. The highest BCUT2D eigenvalue weighted by Gasteiger charge is 2.41. The smallest absolute Gasteiger partial charge is 0.267 e. The third-order valence-corrected chi connectivity index (χ3v) is 5.40. The van der Waals surface area contributed by atoms with Crippen LogP contribution in [-0.4, -0.2) is 20.2 Å². The van der Waals surface area contributed by atoms with Gasteiger partial charge in [-0.15, -0.1) is 0 Å². The summed E-state index contributed by atoms with van der Waals surface area (Å²) in [7, 11) is 0. The number of rotatable bonds is 2. The SMILES string of the molecule is O=c1[nH]nc2c3c1CCCC3NC(c1ccccc1)C2c1ncc[nH]1. The van der Waals surface area contributed by atoms with E-state index in [9.17, 15) is 4.79 Å². The molecule has 0 radical (unpaired) electrons. The number of imidazole rings is 1. The first-order valence-electron chi connectivity index (χ1n) is 8.74. The predicted molar refractivity (Wildman–Crippen MR) is 93.3 cm³/mol. The monoisotopic (exact) mass is 333 g/mol. The molecule has 3 N–H and O–H groups in total. The molecule has 25 heavy (non-hydrogen) atoms. The zero-order valence-corrected chi connectivity index (χ0v) is 13.7. The summed E-state index contributed by atoms with van der Waals surface area (Å²) in [6.07, 6.45) is 6.46. The van der Waals surface area contributed by atoms with Gasteiger partial charge in [-0.1, -0.05) is 30.3 Å². The molecule has 2 aromatic heterocycles. The first-order valence-corrected chi connectivity index (χ1v) is 8.74. The van der Waals surface area contributed by atoms with Crippen LogP contribution in [0.15, 0.2) is 47.5 Å². The van der Waals surface area contributed by atoms with E-state index >= 15 is 0 Å². The highest BCUT2D eigenvalue weighted by Crippen LogP contribution is 2.45. The van der Waals surface area contributed by atoms with E-state index < -0.39 is 0 Å². The highest BCUT2D eigenvalue weighted by atomic mass is 16.1. The Bertz CT molecular complexity index is 948. The summed E-state index contributed by atoms with van der Waals surface area (Å²) in [6, 6.07) is 10.6. The second-order valence-corrected chi connectivity index (χ2v) is 6.78. The van der Waals surface area contributed by atoms with Crippen molar-refractivity contribution < 1.29 is 0 Å². The lowest BCUT2D eigenvalue weighted by Crippen LogP contribution is -2.42. The lowest BCUT2D eigenvalue weighted by atomic mass is 9.76. The minimum absolute atomic E-state index is 0.0541. The van der Waals surface area contributed by atoms with Gasteiger partial charge >= 0.3 is 0 Å². The molecule has 0 spiro atoms. The van der Waals surface area contributed by atoms with Crippen LogP contribution in [0, 0.1) is 0 Å². The Balaban J connectivity index is 1.75. The Hall–Kier alpha value is -2.73. The van der Waals surface area contributed by atoms with Crippen molar-refractivity contribution in [3.63, 3.8) is 0 Å². The van der Waals surface area contributed by atoms with Crippen molar-refractivity contribution in [3.8, 4) is 0 Å². The van der Waals surface area contributed by atoms with Crippen molar-refractivity contribution in [1.29, 1.82) is 0 Å². The molecule has 5 rings (SSSR count). The largest absolute Gasteiger partial charge is 0.348 e. The van der Waals surface area contributed by atoms with Gasteiger partial charge in [-0.25, -0.2) is 10.1 Å². The molecule has 1 aliphatic carbocycles. The van der Waals surface area contributed by atoms with Gasteiger partial charge < -0.3 is 10.3 Å². The average molecular weight is 333 g/mol. The molecule has 0 saturated carbocycles. The zero-order valence-electron chi connectivity index (χ0n) is 13.7. The fraction of sp³-hybridized carbons (Fsp3) is 0.316. The van der Waals surface area contributed by atoms with Crippen molar-refractivity contribution in [2.45, 2.75) is 37.3 Å². The van der Waals surface area contributed by atoms with Crippen LogP contribution in [0.1, 0.15) is 59.1 Å². The number of hydrogen-bond donors (Lipinski definition) is 3. The summed E-state index contributed by atoms with van der Waals surface area (Å²) in [6.45, 7) is 0. The number of H-pyrrole nitrogens is 2. The Morgan fingerprint density at radius 3 is 2.84 bits per heavy atom. The van der Waals surface area contributed by atoms with Crippen molar-refractivity contribution in [3.05, 3.63) is 81.3 Å². The highest BCUT2D eigenvalue weighted by molar-refractivity contribution is 5.43. The van der Waals surface area contributed by atoms with Gasteiger partial charge in [-0.05, 0) is 24.8 Å². The molecular weight excluding hydrogens is 314 g/mol. The molecule has 2 aliphatic rings. The number of aromatic nitrogens is 4. The van der Waals surface area contributed by atoms with Crippen molar-refractivity contribution >= 4 is 0 Å². The van der Waals surface area contributed by atoms with Gasteiger partial charge in [-0.3, -0.25) is 4.79 Å². The molecule has 6 nitrogen and oxygen atoms in total. The van der Waals surface area contributed by atoms with Crippen molar-refractivity contribution in [1.82, 2.24) is 25.5 Å². The van der Waals surface area contributed by atoms with Crippen LogP contribution in [0.4, 0.5) is 0 Å². The summed E-state index contributed by atoms with van der Waals surface area (Å²) in [4.78, 5) is 20.0. The Morgan fingerprint density at radius 2 is 2.04 bits per heavy atom. The average Bonchev–Trinajstić information content (AvgIpc) is 3.19. The molecule has 126 valence electrons. The van der Waals surface area contributed by atoms with Crippen LogP contribution in [0.3, 0.4) is 0 Å². The van der Waals surface area contributed by atoms with Crippen LogP contribution >= 0.6 is 0 Å². The van der Waals surface area contributed by atoms with Crippen LogP contribution in [0.2, 0.25) is 0 Å². The van der Waals surface area contributed by atoms with E-state index in [4.69, 9.17) is 0 Å². The van der Waals surface area contributed by atoms with Crippen LogP contribution in [0.25, 0.3) is 0 Å². The summed E-state index contributed by atoms with van der Waals surface area (Å²) in [5.41, 5.74) is 4.07. The van der Waals surface area contributed by atoms with Gasteiger partial charge in [0.1, 0.15) is 5.82 Å². The Kier molecular flexibility index (Phi) is 3.31. The van der Waals surface area contributed by atoms with Gasteiger partial charge in [0, 0.05) is 35.6 Å².